The summed E-state index contributed by atoms with van der Waals surface area (Å²) in [7, 11) is 0. The first-order chi connectivity index (χ1) is 12.2. The SMILES string of the molecule is C=CCn1c(SCC(=O)Nc2sccc2C#N)nnc1-c1cccs1. The van der Waals surface area contributed by atoms with E-state index in [4.69, 9.17) is 5.26 Å². The van der Waals surface area contributed by atoms with Crippen LogP contribution in [0.1, 0.15) is 5.56 Å². The second-order valence-corrected chi connectivity index (χ2v) is 7.60. The van der Waals surface area contributed by atoms with Gasteiger partial charge >= 0.3 is 0 Å². The Hall–Kier alpha value is -2.41. The molecule has 0 spiro atoms. The molecule has 0 aliphatic rings. The number of thioether (sulfide) groups is 1. The van der Waals surface area contributed by atoms with Crippen molar-refractivity contribution in [1.29, 1.82) is 5.26 Å². The lowest BCUT2D eigenvalue weighted by molar-refractivity contribution is -0.113. The molecule has 1 N–H and O–H groups in total. The van der Waals surface area contributed by atoms with Crippen LogP contribution in [-0.4, -0.2) is 26.4 Å². The number of thiophene rings is 2. The second kappa shape index (κ2) is 8.11. The number of hydrogen-bond acceptors (Lipinski definition) is 7. The molecule has 0 saturated carbocycles. The van der Waals surface area contributed by atoms with Gasteiger partial charge in [-0.2, -0.15) is 5.26 Å². The number of aromatic nitrogens is 3. The van der Waals surface area contributed by atoms with Crippen LogP contribution < -0.4 is 5.32 Å². The Balaban J connectivity index is 1.70. The maximum atomic E-state index is 12.1. The summed E-state index contributed by atoms with van der Waals surface area (Å²) in [6, 6.07) is 7.68. The lowest BCUT2D eigenvalue weighted by Crippen LogP contribution is -2.14. The lowest BCUT2D eigenvalue weighted by Gasteiger charge is -2.06. The Morgan fingerprint density at radius 1 is 1.40 bits per heavy atom. The quantitative estimate of drug-likeness (QED) is 0.492. The summed E-state index contributed by atoms with van der Waals surface area (Å²) in [6.45, 7) is 4.34. The number of rotatable bonds is 7. The third-order valence-electron chi connectivity index (χ3n) is 3.14. The zero-order valence-corrected chi connectivity index (χ0v) is 15.5. The van der Waals surface area contributed by atoms with Gasteiger partial charge in [-0.05, 0) is 22.9 Å². The summed E-state index contributed by atoms with van der Waals surface area (Å²) < 4.78 is 1.93. The monoisotopic (exact) mass is 387 g/mol. The average molecular weight is 388 g/mol. The van der Waals surface area contributed by atoms with Crippen LogP contribution in [0, 0.1) is 11.3 Å². The zero-order valence-electron chi connectivity index (χ0n) is 13.0. The van der Waals surface area contributed by atoms with E-state index in [-0.39, 0.29) is 11.7 Å². The van der Waals surface area contributed by atoms with Crippen LogP contribution in [0.2, 0.25) is 0 Å². The van der Waals surface area contributed by atoms with Gasteiger partial charge < -0.3 is 5.32 Å². The first-order valence-corrected chi connectivity index (χ1v) is 9.95. The van der Waals surface area contributed by atoms with Crippen LogP contribution >= 0.6 is 34.4 Å². The molecule has 0 bridgehead atoms. The van der Waals surface area contributed by atoms with E-state index < -0.39 is 0 Å². The summed E-state index contributed by atoms with van der Waals surface area (Å²) >= 11 is 4.22. The Morgan fingerprint density at radius 2 is 2.28 bits per heavy atom. The van der Waals surface area contributed by atoms with Crippen LogP contribution in [-0.2, 0) is 11.3 Å². The van der Waals surface area contributed by atoms with Crippen LogP contribution in [0.5, 0.6) is 0 Å². The molecule has 3 heterocycles. The van der Waals surface area contributed by atoms with Gasteiger partial charge in [0.1, 0.15) is 11.1 Å². The fourth-order valence-electron chi connectivity index (χ4n) is 2.06. The summed E-state index contributed by atoms with van der Waals surface area (Å²) in [5.74, 6) is 0.764. The van der Waals surface area contributed by atoms with Crippen molar-refractivity contribution in [3.8, 4) is 16.8 Å². The Bertz CT molecular complexity index is 920. The molecule has 3 rings (SSSR count). The number of nitrogens with zero attached hydrogens (tertiary/aromatic N) is 4. The van der Waals surface area contributed by atoms with E-state index in [0.717, 1.165) is 10.7 Å². The number of carbonyl (C=O) groups excluding carboxylic acids is 1. The van der Waals surface area contributed by atoms with Gasteiger partial charge in [0.15, 0.2) is 11.0 Å². The average Bonchev–Trinajstić information content (AvgIpc) is 3.34. The van der Waals surface area contributed by atoms with Crippen LogP contribution in [0.15, 0.2) is 46.8 Å². The summed E-state index contributed by atoms with van der Waals surface area (Å²) in [4.78, 5) is 13.2. The smallest absolute Gasteiger partial charge is 0.235 e. The summed E-state index contributed by atoms with van der Waals surface area (Å²) in [5.41, 5.74) is 0.471. The van der Waals surface area contributed by atoms with Gasteiger partial charge in [-0.1, -0.05) is 23.9 Å². The molecule has 0 aliphatic carbocycles. The first kappa shape index (κ1) is 17.4. The number of amides is 1. The van der Waals surface area contributed by atoms with Crippen molar-refractivity contribution >= 4 is 45.3 Å². The Kier molecular flexibility index (Phi) is 5.65. The normalized spacial score (nSPS) is 10.4. The van der Waals surface area contributed by atoms with E-state index in [1.165, 1.54) is 23.1 Å². The van der Waals surface area contributed by atoms with Crippen LogP contribution in [0.3, 0.4) is 0 Å². The topological polar surface area (TPSA) is 83.6 Å². The van der Waals surface area contributed by atoms with Crippen molar-refractivity contribution in [2.45, 2.75) is 11.7 Å². The second-order valence-electron chi connectivity index (χ2n) is 4.79. The van der Waals surface area contributed by atoms with Crippen LogP contribution in [0.4, 0.5) is 5.00 Å². The maximum Gasteiger partial charge on any atom is 0.235 e. The molecule has 9 heteroatoms. The third-order valence-corrected chi connectivity index (χ3v) is 5.80. The molecule has 0 fully saturated rings. The summed E-state index contributed by atoms with van der Waals surface area (Å²) in [5, 5.41) is 25.2. The number of hydrogen-bond donors (Lipinski definition) is 1. The predicted molar refractivity (Wildman–Crippen MR) is 102 cm³/mol. The highest BCUT2D eigenvalue weighted by Crippen LogP contribution is 2.28. The van der Waals surface area contributed by atoms with Gasteiger partial charge in [0.05, 0.1) is 16.2 Å². The minimum atomic E-state index is -0.185. The van der Waals surface area contributed by atoms with Gasteiger partial charge in [0.2, 0.25) is 5.91 Å². The molecule has 6 nitrogen and oxygen atoms in total. The molecule has 0 aromatic carbocycles. The van der Waals surface area contributed by atoms with E-state index in [1.807, 2.05) is 22.1 Å². The molecule has 1 amide bonds. The van der Waals surface area contributed by atoms with Crippen molar-refractivity contribution in [3.63, 3.8) is 0 Å². The standard InChI is InChI=1S/C16H13N5OS3/c1-2-6-21-14(12-4-3-7-23-12)19-20-16(21)25-10-13(22)18-15-11(9-17)5-8-24-15/h2-5,7-8H,1,6,10H2,(H,18,22). The van der Waals surface area contributed by atoms with E-state index in [2.05, 4.69) is 28.2 Å². The van der Waals surface area contributed by atoms with Gasteiger partial charge in [-0.25, -0.2) is 0 Å². The van der Waals surface area contributed by atoms with E-state index in [9.17, 15) is 4.79 Å². The third kappa shape index (κ3) is 3.99. The highest BCUT2D eigenvalue weighted by Gasteiger charge is 2.16. The lowest BCUT2D eigenvalue weighted by atomic mass is 10.3. The number of nitriles is 1. The van der Waals surface area contributed by atoms with E-state index in [0.29, 0.717) is 22.3 Å². The summed E-state index contributed by atoms with van der Waals surface area (Å²) in [6.07, 6.45) is 1.77. The highest BCUT2D eigenvalue weighted by atomic mass is 32.2. The molecule has 0 radical (unpaired) electrons. The molecule has 0 aliphatic heterocycles. The van der Waals surface area contributed by atoms with Crippen molar-refractivity contribution in [2.75, 3.05) is 11.1 Å². The maximum absolute atomic E-state index is 12.1. The fraction of sp³-hybridized carbons (Fsp3) is 0.125. The molecule has 3 aromatic heterocycles. The molecular weight excluding hydrogens is 374 g/mol. The molecule has 25 heavy (non-hydrogen) atoms. The van der Waals surface area contributed by atoms with E-state index in [1.54, 1.807) is 28.9 Å². The zero-order chi connectivity index (χ0) is 17.6. The van der Waals surface area contributed by atoms with Crippen molar-refractivity contribution < 1.29 is 4.79 Å². The Labute approximate surface area is 156 Å². The number of allylic oxidation sites excluding steroid dienone is 1. The number of nitrogens with one attached hydrogen (secondary N) is 1. The van der Waals surface area contributed by atoms with Crippen LogP contribution in [0.25, 0.3) is 10.7 Å². The molecule has 0 atom stereocenters. The van der Waals surface area contributed by atoms with Gasteiger partial charge in [-0.3, -0.25) is 9.36 Å². The highest BCUT2D eigenvalue weighted by molar-refractivity contribution is 7.99. The van der Waals surface area contributed by atoms with Gasteiger partial charge in [0.25, 0.3) is 0 Å². The number of anilines is 1. The minimum absolute atomic E-state index is 0.183. The van der Waals surface area contributed by atoms with E-state index >= 15 is 0 Å². The van der Waals surface area contributed by atoms with Crippen molar-refractivity contribution in [2.24, 2.45) is 0 Å². The number of carbonyl (C=O) groups is 1. The first-order valence-electron chi connectivity index (χ1n) is 7.21. The fourth-order valence-corrected chi connectivity index (χ4v) is 4.28. The minimum Gasteiger partial charge on any atom is -0.316 e. The molecular formula is C16H13N5OS3. The van der Waals surface area contributed by atoms with Gasteiger partial charge in [-0.15, -0.1) is 39.4 Å². The van der Waals surface area contributed by atoms with Crippen molar-refractivity contribution in [1.82, 2.24) is 14.8 Å². The predicted octanol–water partition coefficient (Wildman–Crippen LogP) is 3.86. The van der Waals surface area contributed by atoms with Gasteiger partial charge in [0, 0.05) is 6.54 Å². The van der Waals surface area contributed by atoms with Crippen molar-refractivity contribution in [3.05, 3.63) is 47.2 Å². The molecule has 0 saturated heterocycles. The molecule has 126 valence electrons. The molecule has 3 aromatic rings. The Morgan fingerprint density at radius 3 is 3.00 bits per heavy atom. The largest absolute Gasteiger partial charge is 0.316 e. The molecule has 0 unspecified atom stereocenters.